The van der Waals surface area contributed by atoms with Crippen molar-refractivity contribution in [2.75, 3.05) is 29.1 Å². The fraction of sp³-hybridized carbons (Fsp3) is 0.438. The van der Waals surface area contributed by atoms with Gasteiger partial charge in [-0.2, -0.15) is 5.10 Å². The number of anilines is 2. The molecule has 9 heteroatoms. The SMILES string of the molecule is CSc1nccc(N2CC3CC(C2)N3c2ncnc3c2cnn3C)n1. The molecular weight excluding hydrogens is 336 g/mol. The van der Waals surface area contributed by atoms with Crippen LogP contribution in [0.15, 0.2) is 29.9 Å². The number of aromatic nitrogens is 6. The highest BCUT2D eigenvalue weighted by Gasteiger charge is 2.46. The van der Waals surface area contributed by atoms with Crippen molar-refractivity contribution < 1.29 is 0 Å². The van der Waals surface area contributed by atoms with E-state index in [1.165, 1.54) is 6.42 Å². The molecule has 0 saturated carbocycles. The third kappa shape index (κ3) is 2.25. The summed E-state index contributed by atoms with van der Waals surface area (Å²) < 4.78 is 1.80. The van der Waals surface area contributed by atoms with E-state index in [0.29, 0.717) is 12.1 Å². The third-order valence-electron chi connectivity index (χ3n) is 5.07. The molecule has 8 nitrogen and oxygen atoms in total. The summed E-state index contributed by atoms with van der Waals surface area (Å²) in [7, 11) is 1.91. The Morgan fingerprint density at radius 1 is 1.16 bits per heavy atom. The summed E-state index contributed by atoms with van der Waals surface area (Å²) >= 11 is 1.57. The lowest BCUT2D eigenvalue weighted by atomic mass is 9.87. The number of hydrogen-bond donors (Lipinski definition) is 0. The van der Waals surface area contributed by atoms with Gasteiger partial charge in [-0.05, 0) is 18.7 Å². The Labute approximate surface area is 149 Å². The Morgan fingerprint density at radius 3 is 2.80 bits per heavy atom. The molecule has 0 spiro atoms. The van der Waals surface area contributed by atoms with Gasteiger partial charge in [0.2, 0.25) is 0 Å². The van der Waals surface area contributed by atoms with Gasteiger partial charge in [-0.3, -0.25) is 4.68 Å². The summed E-state index contributed by atoms with van der Waals surface area (Å²) in [6.45, 7) is 1.90. The zero-order chi connectivity index (χ0) is 17.0. The van der Waals surface area contributed by atoms with Crippen molar-refractivity contribution in [1.29, 1.82) is 0 Å². The minimum absolute atomic E-state index is 0.449. The van der Waals surface area contributed by atoms with Gasteiger partial charge in [0.25, 0.3) is 0 Å². The van der Waals surface area contributed by atoms with Crippen LogP contribution < -0.4 is 9.80 Å². The van der Waals surface area contributed by atoms with Crippen molar-refractivity contribution in [1.82, 2.24) is 29.7 Å². The zero-order valence-electron chi connectivity index (χ0n) is 14.1. The monoisotopic (exact) mass is 354 g/mol. The largest absolute Gasteiger partial charge is 0.352 e. The molecule has 6 heterocycles. The molecule has 6 rings (SSSR count). The van der Waals surface area contributed by atoms with Gasteiger partial charge in [0.05, 0.1) is 23.7 Å². The molecule has 0 aliphatic carbocycles. The van der Waals surface area contributed by atoms with E-state index in [4.69, 9.17) is 0 Å². The second-order valence-corrected chi connectivity index (χ2v) is 7.23. The molecule has 3 fully saturated rings. The summed E-state index contributed by atoms with van der Waals surface area (Å²) in [6, 6.07) is 2.90. The highest BCUT2D eigenvalue weighted by molar-refractivity contribution is 7.98. The van der Waals surface area contributed by atoms with E-state index in [9.17, 15) is 0 Å². The number of rotatable bonds is 3. The van der Waals surface area contributed by atoms with Crippen molar-refractivity contribution >= 4 is 34.4 Å². The zero-order valence-corrected chi connectivity index (χ0v) is 14.9. The molecule has 2 unspecified atom stereocenters. The molecule has 2 atom stereocenters. The maximum Gasteiger partial charge on any atom is 0.189 e. The summed E-state index contributed by atoms with van der Waals surface area (Å²) in [5.41, 5.74) is 0.882. The normalized spacial score (nSPS) is 22.3. The molecule has 0 aromatic carbocycles. The molecular formula is C16H18N8S. The maximum absolute atomic E-state index is 4.64. The van der Waals surface area contributed by atoms with Crippen molar-refractivity contribution in [2.24, 2.45) is 7.05 Å². The molecule has 0 amide bonds. The predicted octanol–water partition coefficient (Wildman–Crippen LogP) is 1.34. The Kier molecular flexibility index (Phi) is 3.30. The second-order valence-electron chi connectivity index (χ2n) is 6.46. The number of aryl methyl sites for hydroxylation is 1. The molecule has 2 bridgehead atoms. The maximum atomic E-state index is 4.64. The fourth-order valence-electron chi connectivity index (χ4n) is 3.90. The highest BCUT2D eigenvalue weighted by Crippen LogP contribution is 2.39. The predicted molar refractivity (Wildman–Crippen MR) is 97.0 cm³/mol. The summed E-state index contributed by atoms with van der Waals surface area (Å²) in [5.74, 6) is 2.02. The van der Waals surface area contributed by atoms with Crippen LogP contribution in [0.4, 0.5) is 11.6 Å². The standard InChI is InChI=1S/C16H18N8S/c1-22-14-12(6-20-22)15(19-9-18-14)24-10-5-11(24)8-23(7-10)13-3-4-17-16(21-13)25-2/h3-4,6,9-11H,5,7-8H2,1-2H3. The quantitative estimate of drug-likeness (QED) is 0.515. The average Bonchev–Trinajstić information content (AvgIpc) is 3.04. The van der Waals surface area contributed by atoms with Crippen LogP contribution in [0.5, 0.6) is 0 Å². The average molecular weight is 354 g/mol. The summed E-state index contributed by atoms with van der Waals surface area (Å²) in [5, 5.41) is 6.18. The number of piperidine rings is 1. The summed E-state index contributed by atoms with van der Waals surface area (Å²) in [6.07, 6.45) is 8.55. The first-order valence-electron chi connectivity index (χ1n) is 8.27. The number of nitrogens with zero attached hydrogens (tertiary/aromatic N) is 8. The molecule has 3 aliphatic heterocycles. The van der Waals surface area contributed by atoms with E-state index >= 15 is 0 Å². The molecule has 0 radical (unpaired) electrons. The molecule has 3 aromatic rings. The number of fused-ring (bicyclic) bond motifs is 3. The Bertz CT molecular complexity index is 929. The first-order chi connectivity index (χ1) is 12.2. The van der Waals surface area contributed by atoms with E-state index in [0.717, 1.165) is 40.9 Å². The number of hydrogen-bond acceptors (Lipinski definition) is 8. The van der Waals surface area contributed by atoms with Crippen LogP contribution in [0.1, 0.15) is 6.42 Å². The molecule has 3 saturated heterocycles. The first kappa shape index (κ1) is 14.9. The molecule has 0 N–H and O–H groups in total. The van der Waals surface area contributed by atoms with E-state index in [1.807, 2.05) is 31.8 Å². The topological polar surface area (TPSA) is 75.9 Å². The van der Waals surface area contributed by atoms with E-state index in [1.54, 1.807) is 22.8 Å². The summed E-state index contributed by atoms with van der Waals surface area (Å²) in [4.78, 5) is 22.6. The molecule has 3 aromatic heterocycles. The Hall–Kier alpha value is -2.42. The number of thioether (sulfide) groups is 1. The van der Waals surface area contributed by atoms with Crippen LogP contribution in [-0.2, 0) is 7.05 Å². The second kappa shape index (κ2) is 5.55. The minimum atomic E-state index is 0.449. The lowest BCUT2D eigenvalue weighted by Crippen LogP contribution is -2.69. The molecule has 128 valence electrons. The van der Waals surface area contributed by atoms with Crippen LogP contribution in [-0.4, -0.2) is 61.1 Å². The van der Waals surface area contributed by atoms with Crippen LogP contribution in [0.25, 0.3) is 11.0 Å². The smallest absolute Gasteiger partial charge is 0.189 e. The van der Waals surface area contributed by atoms with Gasteiger partial charge in [-0.15, -0.1) is 0 Å². The Morgan fingerprint density at radius 2 is 2.00 bits per heavy atom. The van der Waals surface area contributed by atoms with E-state index < -0.39 is 0 Å². The van der Waals surface area contributed by atoms with E-state index in [2.05, 4.69) is 34.8 Å². The van der Waals surface area contributed by atoms with Crippen LogP contribution in [0.2, 0.25) is 0 Å². The van der Waals surface area contributed by atoms with Crippen molar-refractivity contribution in [3.63, 3.8) is 0 Å². The molecule has 3 aliphatic rings. The van der Waals surface area contributed by atoms with Crippen LogP contribution in [0.3, 0.4) is 0 Å². The van der Waals surface area contributed by atoms with Gasteiger partial charge in [0, 0.05) is 26.3 Å². The minimum Gasteiger partial charge on any atom is -0.352 e. The van der Waals surface area contributed by atoms with Crippen LogP contribution >= 0.6 is 11.8 Å². The Balaban J connectivity index is 1.43. The van der Waals surface area contributed by atoms with Crippen molar-refractivity contribution in [3.8, 4) is 0 Å². The number of piperazine rings is 1. The lowest BCUT2D eigenvalue weighted by Gasteiger charge is -2.57. The third-order valence-corrected chi connectivity index (χ3v) is 5.63. The van der Waals surface area contributed by atoms with Crippen molar-refractivity contribution in [2.45, 2.75) is 23.7 Å². The van der Waals surface area contributed by atoms with Gasteiger partial charge in [-0.25, -0.2) is 19.9 Å². The van der Waals surface area contributed by atoms with Gasteiger partial charge in [0.1, 0.15) is 18.0 Å². The fourth-order valence-corrected chi connectivity index (χ4v) is 4.26. The van der Waals surface area contributed by atoms with Gasteiger partial charge >= 0.3 is 0 Å². The highest BCUT2D eigenvalue weighted by atomic mass is 32.2. The first-order valence-corrected chi connectivity index (χ1v) is 9.50. The van der Waals surface area contributed by atoms with E-state index in [-0.39, 0.29) is 0 Å². The van der Waals surface area contributed by atoms with Crippen molar-refractivity contribution in [3.05, 3.63) is 24.8 Å². The molecule has 25 heavy (non-hydrogen) atoms. The van der Waals surface area contributed by atoms with Gasteiger partial charge in [0.15, 0.2) is 10.8 Å². The van der Waals surface area contributed by atoms with Crippen LogP contribution in [0, 0.1) is 0 Å². The lowest BCUT2D eigenvalue weighted by molar-refractivity contribution is 0.288. The van der Waals surface area contributed by atoms with Gasteiger partial charge < -0.3 is 9.80 Å². The van der Waals surface area contributed by atoms with Gasteiger partial charge in [-0.1, -0.05) is 11.8 Å².